The molecule has 0 aliphatic heterocycles. The Morgan fingerprint density at radius 1 is 0.897 bits per heavy atom. The molecule has 0 bridgehead atoms. The predicted octanol–water partition coefficient (Wildman–Crippen LogP) is 3.79. The van der Waals surface area contributed by atoms with Gasteiger partial charge in [-0.05, 0) is 69.3 Å². The zero-order valence-corrected chi connectivity index (χ0v) is 16.7. The number of nitrogens with one attached hydrogen (secondary N) is 2. The molecule has 0 unspecified atom stereocenters. The second kappa shape index (κ2) is 10.7. The lowest BCUT2D eigenvalue weighted by Gasteiger charge is -2.09. The van der Waals surface area contributed by atoms with Crippen LogP contribution in [0.4, 0.5) is 11.4 Å². The van der Waals surface area contributed by atoms with Crippen LogP contribution < -0.4 is 15.4 Å². The maximum atomic E-state index is 12.3. The first kappa shape index (κ1) is 21.7. The summed E-state index contributed by atoms with van der Waals surface area (Å²) in [5, 5.41) is 5.39. The van der Waals surface area contributed by atoms with E-state index in [1.54, 1.807) is 62.4 Å². The van der Waals surface area contributed by atoms with Gasteiger partial charge in [0, 0.05) is 23.0 Å². The molecule has 2 aromatic rings. The fourth-order valence-corrected chi connectivity index (χ4v) is 2.32. The molecule has 2 rings (SSSR count). The van der Waals surface area contributed by atoms with Gasteiger partial charge in [-0.1, -0.05) is 5.57 Å². The monoisotopic (exact) mass is 396 g/mol. The van der Waals surface area contributed by atoms with E-state index in [9.17, 15) is 14.4 Å². The van der Waals surface area contributed by atoms with Gasteiger partial charge in [-0.25, -0.2) is 4.79 Å². The number of hydrogen-bond acceptors (Lipinski definition) is 5. The fourth-order valence-electron chi connectivity index (χ4n) is 2.32. The molecule has 2 aromatic carbocycles. The molecule has 0 atom stereocenters. The number of carbonyl (C=O) groups excluding carboxylic acids is 3. The second-order valence-corrected chi connectivity index (χ2v) is 6.37. The molecule has 0 fully saturated rings. The number of allylic oxidation sites excluding steroid dienone is 1. The quantitative estimate of drug-likeness (QED) is 0.523. The predicted molar refractivity (Wildman–Crippen MR) is 111 cm³/mol. The van der Waals surface area contributed by atoms with Crippen molar-refractivity contribution in [1.29, 1.82) is 0 Å². The summed E-state index contributed by atoms with van der Waals surface area (Å²) in [6, 6.07) is 13.5. The Balaban J connectivity index is 1.87. The molecule has 0 spiro atoms. The van der Waals surface area contributed by atoms with Crippen LogP contribution in [0.15, 0.2) is 60.2 Å². The van der Waals surface area contributed by atoms with Gasteiger partial charge in [0.2, 0.25) is 0 Å². The van der Waals surface area contributed by atoms with E-state index < -0.39 is 11.9 Å². The summed E-state index contributed by atoms with van der Waals surface area (Å²) in [7, 11) is 0. The van der Waals surface area contributed by atoms with Crippen molar-refractivity contribution in [1.82, 2.24) is 0 Å². The highest BCUT2D eigenvalue weighted by Gasteiger charge is 2.09. The third-order valence-corrected chi connectivity index (χ3v) is 3.61. The zero-order valence-electron chi connectivity index (χ0n) is 16.7. The molecule has 0 saturated heterocycles. The van der Waals surface area contributed by atoms with Gasteiger partial charge in [-0.15, -0.1) is 0 Å². The van der Waals surface area contributed by atoms with E-state index in [-0.39, 0.29) is 12.5 Å². The molecule has 2 N–H and O–H groups in total. The van der Waals surface area contributed by atoms with Crippen LogP contribution in [-0.2, 0) is 14.3 Å². The second-order valence-electron chi connectivity index (χ2n) is 6.37. The Bertz CT molecular complexity index is 882. The topological polar surface area (TPSA) is 93.7 Å². The molecule has 0 radical (unpaired) electrons. The molecule has 29 heavy (non-hydrogen) atoms. The van der Waals surface area contributed by atoms with Crippen LogP contribution in [0.25, 0.3) is 0 Å². The van der Waals surface area contributed by atoms with Crippen molar-refractivity contribution in [2.45, 2.75) is 20.8 Å². The van der Waals surface area contributed by atoms with Gasteiger partial charge in [0.1, 0.15) is 5.75 Å². The minimum Gasteiger partial charge on any atom is -0.494 e. The minimum absolute atomic E-state index is 0.275. The van der Waals surface area contributed by atoms with Crippen LogP contribution in [0.3, 0.4) is 0 Å². The van der Waals surface area contributed by atoms with Gasteiger partial charge in [0.25, 0.3) is 11.8 Å². The SMILES string of the molecule is CCOc1ccc(NC(=O)c2ccc(NC(=O)COC(=O)C=C(C)C)cc2)cc1. The van der Waals surface area contributed by atoms with Crippen molar-refractivity contribution >= 4 is 29.2 Å². The molecule has 0 heterocycles. The van der Waals surface area contributed by atoms with Crippen molar-refractivity contribution < 1.29 is 23.9 Å². The number of ether oxygens (including phenoxy) is 2. The van der Waals surface area contributed by atoms with Crippen LogP contribution in [0.2, 0.25) is 0 Å². The van der Waals surface area contributed by atoms with E-state index in [2.05, 4.69) is 10.6 Å². The number of esters is 1. The Morgan fingerprint density at radius 3 is 2.07 bits per heavy atom. The molecular weight excluding hydrogens is 372 g/mol. The lowest BCUT2D eigenvalue weighted by atomic mass is 10.2. The van der Waals surface area contributed by atoms with Gasteiger partial charge in [-0.2, -0.15) is 0 Å². The first-order valence-electron chi connectivity index (χ1n) is 9.13. The molecule has 7 nitrogen and oxygen atoms in total. The maximum absolute atomic E-state index is 12.3. The van der Waals surface area contributed by atoms with Crippen molar-refractivity contribution in [3.8, 4) is 5.75 Å². The van der Waals surface area contributed by atoms with Crippen molar-refractivity contribution in [3.05, 3.63) is 65.7 Å². The van der Waals surface area contributed by atoms with E-state index in [1.807, 2.05) is 6.92 Å². The van der Waals surface area contributed by atoms with Crippen LogP contribution in [0.1, 0.15) is 31.1 Å². The molecule has 0 aromatic heterocycles. The normalized spacial score (nSPS) is 9.90. The summed E-state index contributed by atoms with van der Waals surface area (Å²) in [4.78, 5) is 35.6. The standard InChI is InChI=1S/C22H24N2O5/c1-4-28-19-11-9-18(10-12-19)24-22(27)16-5-7-17(8-6-16)23-20(25)14-29-21(26)13-15(2)3/h5-13H,4,14H2,1-3H3,(H,23,25)(H,24,27). The van der Waals surface area contributed by atoms with Gasteiger partial charge in [0.15, 0.2) is 6.61 Å². The molecular formula is C22H24N2O5. The highest BCUT2D eigenvalue weighted by Crippen LogP contribution is 2.17. The Morgan fingerprint density at radius 2 is 1.48 bits per heavy atom. The number of benzene rings is 2. The van der Waals surface area contributed by atoms with Gasteiger partial charge in [0.05, 0.1) is 6.61 Å². The first-order valence-corrected chi connectivity index (χ1v) is 9.13. The number of anilines is 2. The van der Waals surface area contributed by atoms with E-state index in [1.165, 1.54) is 6.08 Å². The van der Waals surface area contributed by atoms with Gasteiger partial charge >= 0.3 is 5.97 Å². The fraction of sp³-hybridized carbons (Fsp3) is 0.227. The lowest BCUT2D eigenvalue weighted by molar-refractivity contribution is -0.142. The summed E-state index contributed by atoms with van der Waals surface area (Å²) in [5.41, 5.74) is 2.36. The smallest absolute Gasteiger partial charge is 0.331 e. The lowest BCUT2D eigenvalue weighted by Crippen LogP contribution is -2.20. The summed E-state index contributed by atoms with van der Waals surface area (Å²) < 4.78 is 10.2. The Kier molecular flexibility index (Phi) is 7.97. The van der Waals surface area contributed by atoms with E-state index in [0.717, 1.165) is 11.3 Å². The van der Waals surface area contributed by atoms with Gasteiger partial charge < -0.3 is 20.1 Å². The number of rotatable bonds is 8. The first-order chi connectivity index (χ1) is 13.9. The number of carbonyl (C=O) groups is 3. The van der Waals surface area contributed by atoms with Crippen LogP contribution in [0, 0.1) is 0 Å². The molecule has 152 valence electrons. The minimum atomic E-state index is -0.568. The highest BCUT2D eigenvalue weighted by molar-refractivity contribution is 6.04. The van der Waals surface area contributed by atoms with E-state index in [0.29, 0.717) is 23.5 Å². The summed E-state index contributed by atoms with van der Waals surface area (Å²) >= 11 is 0. The average molecular weight is 396 g/mol. The van der Waals surface area contributed by atoms with Crippen molar-refractivity contribution in [2.75, 3.05) is 23.8 Å². The average Bonchev–Trinajstić information content (AvgIpc) is 2.68. The van der Waals surface area contributed by atoms with Gasteiger partial charge in [-0.3, -0.25) is 9.59 Å². The van der Waals surface area contributed by atoms with E-state index >= 15 is 0 Å². The molecule has 7 heteroatoms. The number of hydrogen-bond donors (Lipinski definition) is 2. The van der Waals surface area contributed by atoms with Crippen molar-refractivity contribution in [3.63, 3.8) is 0 Å². The third-order valence-electron chi connectivity index (χ3n) is 3.61. The maximum Gasteiger partial charge on any atom is 0.331 e. The largest absolute Gasteiger partial charge is 0.494 e. The van der Waals surface area contributed by atoms with Crippen molar-refractivity contribution in [2.24, 2.45) is 0 Å². The Labute approximate surface area is 169 Å². The molecule has 0 aliphatic rings. The van der Waals surface area contributed by atoms with Crippen LogP contribution in [0.5, 0.6) is 5.75 Å². The zero-order chi connectivity index (χ0) is 21.2. The molecule has 0 saturated carbocycles. The third kappa shape index (κ3) is 7.50. The molecule has 2 amide bonds. The summed E-state index contributed by atoms with van der Waals surface area (Å²) in [6.45, 7) is 5.61. The van der Waals surface area contributed by atoms with Crippen LogP contribution in [-0.4, -0.2) is 31.0 Å². The summed E-state index contributed by atoms with van der Waals surface area (Å²) in [5.74, 6) is -0.576. The van der Waals surface area contributed by atoms with E-state index in [4.69, 9.17) is 9.47 Å². The number of amides is 2. The molecule has 0 aliphatic carbocycles. The summed E-state index contributed by atoms with van der Waals surface area (Å²) in [6.07, 6.45) is 1.31. The Hall–Kier alpha value is -3.61. The van der Waals surface area contributed by atoms with Crippen LogP contribution >= 0.6 is 0 Å². The highest BCUT2D eigenvalue weighted by atomic mass is 16.5.